The maximum absolute atomic E-state index is 13.8. The molecule has 36 heavy (non-hydrogen) atoms. The van der Waals surface area contributed by atoms with Gasteiger partial charge in [-0.1, -0.05) is 48.0 Å². The van der Waals surface area contributed by atoms with E-state index in [1.54, 1.807) is 42.6 Å². The molecule has 180 valence electrons. The van der Waals surface area contributed by atoms with Crippen molar-refractivity contribution < 1.29 is 9.18 Å². The number of aromatic amines is 2. The lowest BCUT2D eigenvalue weighted by molar-refractivity contribution is 0.255. The summed E-state index contributed by atoms with van der Waals surface area (Å²) in [6.07, 6.45) is 3.06. The van der Waals surface area contributed by atoms with Crippen LogP contribution >= 0.6 is 11.6 Å². The summed E-state index contributed by atoms with van der Waals surface area (Å²) in [6, 6.07) is 16.8. The van der Waals surface area contributed by atoms with Gasteiger partial charge in [-0.25, -0.2) is 9.18 Å². The number of carbonyl (C=O) groups excluding carboxylic acids is 1. The molecule has 0 fully saturated rings. The molecule has 5 rings (SSSR count). The van der Waals surface area contributed by atoms with E-state index < -0.39 is 17.9 Å². The van der Waals surface area contributed by atoms with E-state index in [1.807, 2.05) is 19.1 Å². The molecule has 2 aromatic heterocycles. The number of hydrogen-bond donors (Lipinski definition) is 3. The first-order valence-electron chi connectivity index (χ1n) is 11.1. The Balaban J connectivity index is 1.69. The third kappa shape index (κ3) is 4.12. The van der Waals surface area contributed by atoms with Gasteiger partial charge in [-0.15, -0.1) is 0 Å². The Hall–Kier alpha value is -4.43. The minimum absolute atomic E-state index is 0.131. The number of fused-ring (bicyclic) bond motifs is 2. The molecule has 0 spiro atoms. The van der Waals surface area contributed by atoms with Crippen LogP contribution in [0.3, 0.4) is 0 Å². The fraction of sp³-hybridized carbons (Fsp3) is 0.0741. The van der Waals surface area contributed by atoms with Gasteiger partial charge in [0.05, 0.1) is 16.8 Å². The summed E-state index contributed by atoms with van der Waals surface area (Å²) >= 11 is 5.91. The second-order valence-electron chi connectivity index (χ2n) is 8.27. The number of aromatic nitrogens is 2. The number of anilines is 2. The van der Waals surface area contributed by atoms with Crippen molar-refractivity contribution in [3.05, 3.63) is 116 Å². The fourth-order valence-electron chi connectivity index (χ4n) is 4.36. The van der Waals surface area contributed by atoms with Gasteiger partial charge >= 0.3 is 6.03 Å². The number of benzene rings is 3. The summed E-state index contributed by atoms with van der Waals surface area (Å²) in [6.45, 7) is 1.82. The zero-order chi connectivity index (χ0) is 25.4. The van der Waals surface area contributed by atoms with Crippen molar-refractivity contribution in [1.29, 1.82) is 0 Å². The molecule has 7 nitrogen and oxygen atoms in total. The SMILES string of the molecule is C[C@@H](c1c[nH]c(=O)c2ccccc12)N(C(=O)Nc1ccc(F)c(Cl)c1)c1c[nH]c(=O)c2ccccc12. The lowest BCUT2D eigenvalue weighted by Crippen LogP contribution is -2.38. The third-order valence-corrected chi connectivity index (χ3v) is 6.41. The molecular weight excluding hydrogens is 483 g/mol. The van der Waals surface area contributed by atoms with Gasteiger partial charge in [-0.05, 0) is 48.2 Å². The predicted molar refractivity (Wildman–Crippen MR) is 140 cm³/mol. The zero-order valence-electron chi connectivity index (χ0n) is 19.0. The Labute approximate surface area is 209 Å². The van der Waals surface area contributed by atoms with Crippen molar-refractivity contribution in [1.82, 2.24) is 9.97 Å². The van der Waals surface area contributed by atoms with Gasteiger partial charge in [0.25, 0.3) is 11.1 Å². The Morgan fingerprint density at radius 3 is 2.14 bits per heavy atom. The van der Waals surface area contributed by atoms with E-state index in [0.29, 0.717) is 38.5 Å². The number of nitrogens with zero attached hydrogens (tertiary/aromatic N) is 1. The van der Waals surface area contributed by atoms with Gasteiger partial charge < -0.3 is 15.3 Å². The molecule has 0 aliphatic heterocycles. The standard InChI is InChI=1S/C27H20ClFN4O3/c1-15(21-13-30-25(34)19-8-4-2-6-17(19)21)33(27(36)32-16-10-11-23(29)22(28)12-16)24-14-31-26(35)20-9-5-3-7-18(20)24/h2-15H,1H3,(H,30,34)(H,31,35)(H,32,36)/t15-/m0/s1. The largest absolute Gasteiger partial charge is 0.328 e. The monoisotopic (exact) mass is 502 g/mol. The van der Waals surface area contributed by atoms with E-state index in [0.717, 1.165) is 6.07 Å². The number of H-pyrrole nitrogens is 2. The highest BCUT2D eigenvalue weighted by atomic mass is 35.5. The molecule has 0 aliphatic carbocycles. The summed E-state index contributed by atoms with van der Waals surface area (Å²) < 4.78 is 13.7. The van der Waals surface area contributed by atoms with Crippen molar-refractivity contribution in [3.8, 4) is 0 Å². The maximum Gasteiger partial charge on any atom is 0.326 e. The summed E-state index contributed by atoms with van der Waals surface area (Å²) in [7, 11) is 0. The number of amides is 2. The van der Waals surface area contributed by atoms with Crippen LogP contribution in [0.4, 0.5) is 20.6 Å². The first-order valence-corrected chi connectivity index (χ1v) is 11.5. The van der Waals surface area contributed by atoms with Crippen molar-refractivity contribution in [2.24, 2.45) is 0 Å². The molecule has 0 aliphatic rings. The Morgan fingerprint density at radius 1 is 0.889 bits per heavy atom. The van der Waals surface area contributed by atoms with Crippen LogP contribution in [0.15, 0.2) is 88.7 Å². The lowest BCUT2D eigenvalue weighted by atomic mass is 10.0. The average Bonchev–Trinajstić information content (AvgIpc) is 2.88. The molecule has 0 bridgehead atoms. The van der Waals surface area contributed by atoms with Crippen LogP contribution in [0.2, 0.25) is 5.02 Å². The van der Waals surface area contributed by atoms with Gasteiger partial charge in [-0.2, -0.15) is 0 Å². The smallest absolute Gasteiger partial charge is 0.326 e. The van der Waals surface area contributed by atoms with Crippen molar-refractivity contribution in [2.45, 2.75) is 13.0 Å². The third-order valence-electron chi connectivity index (χ3n) is 6.12. The van der Waals surface area contributed by atoms with E-state index >= 15 is 0 Å². The number of carbonyl (C=O) groups is 1. The fourth-order valence-corrected chi connectivity index (χ4v) is 4.54. The number of nitrogens with one attached hydrogen (secondary N) is 3. The van der Waals surface area contributed by atoms with Gasteiger partial charge in [0.15, 0.2) is 0 Å². The quantitative estimate of drug-likeness (QED) is 0.283. The molecule has 3 aromatic carbocycles. The Morgan fingerprint density at radius 2 is 1.47 bits per heavy atom. The zero-order valence-corrected chi connectivity index (χ0v) is 19.8. The average molecular weight is 503 g/mol. The van der Waals surface area contributed by atoms with Gasteiger partial charge in [0.1, 0.15) is 5.82 Å². The van der Waals surface area contributed by atoms with Crippen molar-refractivity contribution >= 4 is 50.6 Å². The normalized spacial score (nSPS) is 12.0. The second kappa shape index (κ2) is 9.31. The number of urea groups is 1. The Bertz CT molecular complexity index is 1750. The van der Waals surface area contributed by atoms with Crippen LogP contribution < -0.4 is 21.3 Å². The highest BCUT2D eigenvalue weighted by Gasteiger charge is 2.27. The highest BCUT2D eigenvalue weighted by Crippen LogP contribution is 2.34. The topological polar surface area (TPSA) is 98.1 Å². The minimum atomic E-state index is -0.605. The molecule has 9 heteroatoms. The van der Waals surface area contributed by atoms with Crippen LogP contribution in [0.25, 0.3) is 21.5 Å². The van der Waals surface area contributed by atoms with Crippen molar-refractivity contribution in [2.75, 3.05) is 10.2 Å². The molecular formula is C27H20ClFN4O3. The summed E-state index contributed by atoms with van der Waals surface area (Å²) in [5.41, 5.74) is 0.894. The van der Waals surface area contributed by atoms with E-state index in [1.165, 1.54) is 23.2 Å². The molecule has 0 radical (unpaired) electrons. The number of halogens is 2. The predicted octanol–water partition coefficient (Wildman–Crippen LogP) is 5.96. The van der Waals surface area contributed by atoms with Crippen LogP contribution in [0.5, 0.6) is 0 Å². The second-order valence-corrected chi connectivity index (χ2v) is 8.68. The summed E-state index contributed by atoms with van der Waals surface area (Å²) in [4.78, 5) is 45.6. The van der Waals surface area contributed by atoms with Crippen LogP contribution in [-0.4, -0.2) is 16.0 Å². The molecule has 2 amide bonds. The lowest BCUT2D eigenvalue weighted by Gasteiger charge is -2.31. The van der Waals surface area contributed by atoms with E-state index in [9.17, 15) is 18.8 Å². The molecule has 1 atom stereocenters. The van der Waals surface area contributed by atoms with E-state index in [-0.39, 0.29) is 16.1 Å². The van der Waals surface area contributed by atoms with Crippen molar-refractivity contribution in [3.63, 3.8) is 0 Å². The highest BCUT2D eigenvalue weighted by molar-refractivity contribution is 6.31. The number of rotatable bonds is 4. The summed E-state index contributed by atoms with van der Waals surface area (Å²) in [5.74, 6) is -0.605. The Kier molecular flexibility index (Phi) is 6.03. The molecule has 3 N–H and O–H groups in total. The van der Waals surface area contributed by atoms with Crippen LogP contribution in [0, 0.1) is 5.82 Å². The summed E-state index contributed by atoms with van der Waals surface area (Å²) in [5, 5.41) is 4.79. The maximum atomic E-state index is 13.8. The van der Waals surface area contributed by atoms with E-state index in [2.05, 4.69) is 15.3 Å². The molecule has 2 heterocycles. The van der Waals surface area contributed by atoms with Gasteiger partial charge in [-0.3, -0.25) is 14.5 Å². The first kappa shape index (κ1) is 23.3. The number of pyridine rings is 2. The molecule has 5 aromatic rings. The van der Waals surface area contributed by atoms with Crippen LogP contribution in [-0.2, 0) is 0 Å². The molecule has 0 saturated heterocycles. The van der Waals surface area contributed by atoms with E-state index in [4.69, 9.17) is 11.6 Å². The van der Waals surface area contributed by atoms with Crippen LogP contribution in [0.1, 0.15) is 18.5 Å². The van der Waals surface area contributed by atoms with Gasteiger partial charge in [0, 0.05) is 34.2 Å². The number of hydrogen-bond acceptors (Lipinski definition) is 3. The molecule has 0 saturated carbocycles. The minimum Gasteiger partial charge on any atom is -0.328 e. The van der Waals surface area contributed by atoms with Gasteiger partial charge in [0.2, 0.25) is 0 Å². The first-order chi connectivity index (χ1) is 17.3. The molecule has 0 unspecified atom stereocenters.